The summed E-state index contributed by atoms with van der Waals surface area (Å²) in [6.45, 7) is 5.94. The molecule has 0 amide bonds. The molecule has 5 nitrogen and oxygen atoms in total. The van der Waals surface area contributed by atoms with Crippen LogP contribution in [0.4, 0.5) is 5.69 Å². The number of anilines is 1. The minimum absolute atomic E-state index is 0.142. The van der Waals surface area contributed by atoms with Crippen LogP contribution in [0.5, 0.6) is 0 Å². The minimum Gasteiger partial charge on any atom is -0.444 e. The fourth-order valence-electron chi connectivity index (χ4n) is 2.05. The molecule has 1 aromatic carbocycles. The standard InChI is InChI=1S/C15H20N2O3S/c1-4-9-21(18,19)14-8-6-5-7-13(14)16-10-15-17-11(2)12(3)20-15/h5-8,16H,4,9-10H2,1-3H3. The van der Waals surface area contributed by atoms with Gasteiger partial charge in [0.05, 0.1) is 28.6 Å². The van der Waals surface area contributed by atoms with Crippen LogP contribution in [0, 0.1) is 13.8 Å². The molecule has 2 aromatic rings. The third-order valence-electron chi connectivity index (χ3n) is 3.20. The molecule has 1 aromatic heterocycles. The van der Waals surface area contributed by atoms with E-state index in [2.05, 4.69) is 10.3 Å². The molecule has 6 heteroatoms. The highest BCUT2D eigenvalue weighted by Gasteiger charge is 2.17. The zero-order valence-electron chi connectivity index (χ0n) is 12.5. The summed E-state index contributed by atoms with van der Waals surface area (Å²) >= 11 is 0. The number of aromatic nitrogens is 1. The summed E-state index contributed by atoms with van der Waals surface area (Å²) in [4.78, 5) is 4.60. The summed E-state index contributed by atoms with van der Waals surface area (Å²) in [5.41, 5.74) is 1.43. The van der Waals surface area contributed by atoms with Crippen molar-refractivity contribution >= 4 is 15.5 Å². The molecule has 114 valence electrons. The number of nitrogens with one attached hydrogen (secondary N) is 1. The number of aryl methyl sites for hydroxylation is 2. The molecule has 0 radical (unpaired) electrons. The molecular weight excluding hydrogens is 288 g/mol. The molecule has 0 aliphatic rings. The lowest BCUT2D eigenvalue weighted by atomic mass is 10.3. The Labute approximate surface area is 125 Å². The van der Waals surface area contributed by atoms with Gasteiger partial charge in [-0.2, -0.15) is 0 Å². The van der Waals surface area contributed by atoms with E-state index < -0.39 is 9.84 Å². The predicted octanol–water partition coefficient (Wildman–Crippen LogP) is 3.09. The van der Waals surface area contributed by atoms with Crippen molar-refractivity contribution in [3.05, 3.63) is 41.6 Å². The zero-order valence-corrected chi connectivity index (χ0v) is 13.3. The van der Waals surface area contributed by atoms with E-state index in [9.17, 15) is 8.42 Å². The first kappa shape index (κ1) is 15.6. The normalized spacial score (nSPS) is 11.6. The molecule has 0 unspecified atom stereocenters. The van der Waals surface area contributed by atoms with Crippen LogP contribution in [0.2, 0.25) is 0 Å². The maximum atomic E-state index is 12.2. The second kappa shape index (κ2) is 6.30. The van der Waals surface area contributed by atoms with Gasteiger partial charge in [0.2, 0.25) is 5.89 Å². The van der Waals surface area contributed by atoms with E-state index in [1.807, 2.05) is 20.8 Å². The van der Waals surface area contributed by atoms with E-state index in [0.29, 0.717) is 29.4 Å². The largest absolute Gasteiger partial charge is 0.444 e. The molecular formula is C15H20N2O3S. The molecule has 0 saturated carbocycles. The van der Waals surface area contributed by atoms with Crippen LogP contribution in [-0.2, 0) is 16.4 Å². The number of hydrogen-bond donors (Lipinski definition) is 1. The van der Waals surface area contributed by atoms with Gasteiger partial charge in [-0.05, 0) is 32.4 Å². The Bertz CT molecular complexity index is 701. The molecule has 0 atom stereocenters. The lowest BCUT2D eigenvalue weighted by molar-refractivity contribution is 0.478. The minimum atomic E-state index is -3.26. The molecule has 0 fully saturated rings. The summed E-state index contributed by atoms with van der Waals surface area (Å²) in [5.74, 6) is 1.47. The van der Waals surface area contributed by atoms with E-state index in [1.54, 1.807) is 24.3 Å². The molecule has 0 saturated heterocycles. The Hall–Kier alpha value is -1.82. The highest BCUT2D eigenvalue weighted by molar-refractivity contribution is 7.91. The van der Waals surface area contributed by atoms with Crippen molar-refractivity contribution in [3.63, 3.8) is 0 Å². The van der Waals surface area contributed by atoms with Gasteiger partial charge in [-0.15, -0.1) is 0 Å². The Morgan fingerprint density at radius 2 is 1.95 bits per heavy atom. The van der Waals surface area contributed by atoms with Gasteiger partial charge in [0.15, 0.2) is 9.84 Å². The lowest BCUT2D eigenvalue weighted by Gasteiger charge is -2.11. The first-order valence-corrected chi connectivity index (χ1v) is 8.58. The van der Waals surface area contributed by atoms with E-state index in [-0.39, 0.29) is 5.75 Å². The number of hydrogen-bond acceptors (Lipinski definition) is 5. The summed E-state index contributed by atoms with van der Waals surface area (Å²) in [7, 11) is -3.26. The van der Waals surface area contributed by atoms with Crippen molar-refractivity contribution < 1.29 is 12.8 Å². The summed E-state index contributed by atoms with van der Waals surface area (Å²) in [5, 5.41) is 3.10. The van der Waals surface area contributed by atoms with Gasteiger partial charge in [0, 0.05) is 0 Å². The van der Waals surface area contributed by atoms with E-state index in [0.717, 1.165) is 11.5 Å². The second-order valence-electron chi connectivity index (χ2n) is 4.92. The first-order chi connectivity index (χ1) is 9.94. The second-order valence-corrected chi connectivity index (χ2v) is 7.00. The zero-order chi connectivity index (χ0) is 15.5. The number of nitrogens with zero attached hydrogens (tertiary/aromatic N) is 1. The van der Waals surface area contributed by atoms with E-state index in [1.165, 1.54) is 0 Å². The number of benzene rings is 1. The van der Waals surface area contributed by atoms with Gasteiger partial charge in [-0.3, -0.25) is 0 Å². The van der Waals surface area contributed by atoms with Gasteiger partial charge in [0.1, 0.15) is 5.76 Å². The SMILES string of the molecule is CCCS(=O)(=O)c1ccccc1NCc1nc(C)c(C)o1. The Morgan fingerprint density at radius 1 is 1.24 bits per heavy atom. The third-order valence-corrected chi connectivity index (χ3v) is 5.17. The predicted molar refractivity (Wildman–Crippen MR) is 82.1 cm³/mol. The van der Waals surface area contributed by atoms with Crippen molar-refractivity contribution in [1.29, 1.82) is 0 Å². The fourth-order valence-corrected chi connectivity index (χ4v) is 3.57. The Kier molecular flexibility index (Phi) is 4.67. The molecule has 21 heavy (non-hydrogen) atoms. The van der Waals surface area contributed by atoms with Crippen molar-refractivity contribution in [3.8, 4) is 0 Å². The molecule has 1 N–H and O–H groups in total. The quantitative estimate of drug-likeness (QED) is 0.888. The summed E-state index contributed by atoms with van der Waals surface area (Å²) < 4.78 is 30.0. The maximum Gasteiger partial charge on any atom is 0.213 e. The number of sulfone groups is 1. The van der Waals surface area contributed by atoms with Gasteiger partial charge >= 0.3 is 0 Å². The van der Waals surface area contributed by atoms with Crippen LogP contribution < -0.4 is 5.32 Å². The fraction of sp³-hybridized carbons (Fsp3) is 0.400. The van der Waals surface area contributed by atoms with E-state index >= 15 is 0 Å². The number of oxazole rings is 1. The first-order valence-electron chi connectivity index (χ1n) is 6.92. The molecule has 0 spiro atoms. The van der Waals surface area contributed by atoms with Gasteiger partial charge in [-0.25, -0.2) is 13.4 Å². The monoisotopic (exact) mass is 308 g/mol. The van der Waals surface area contributed by atoms with Gasteiger partial charge < -0.3 is 9.73 Å². The molecule has 2 rings (SSSR count). The van der Waals surface area contributed by atoms with Crippen LogP contribution >= 0.6 is 0 Å². The van der Waals surface area contributed by atoms with Crippen molar-refractivity contribution in [2.75, 3.05) is 11.1 Å². The number of rotatable bonds is 6. The van der Waals surface area contributed by atoms with Gasteiger partial charge in [0.25, 0.3) is 0 Å². The van der Waals surface area contributed by atoms with Crippen LogP contribution in [0.15, 0.2) is 33.6 Å². The summed E-state index contributed by atoms with van der Waals surface area (Å²) in [6, 6.07) is 6.91. The van der Waals surface area contributed by atoms with Crippen molar-refractivity contribution in [1.82, 2.24) is 4.98 Å². The van der Waals surface area contributed by atoms with Crippen LogP contribution in [0.1, 0.15) is 30.7 Å². The Morgan fingerprint density at radius 3 is 2.57 bits per heavy atom. The molecule has 0 bridgehead atoms. The summed E-state index contributed by atoms with van der Waals surface area (Å²) in [6.07, 6.45) is 0.592. The highest BCUT2D eigenvalue weighted by Crippen LogP contribution is 2.23. The van der Waals surface area contributed by atoms with Crippen LogP contribution in [0.25, 0.3) is 0 Å². The smallest absolute Gasteiger partial charge is 0.213 e. The average molecular weight is 308 g/mol. The number of para-hydroxylation sites is 1. The highest BCUT2D eigenvalue weighted by atomic mass is 32.2. The van der Waals surface area contributed by atoms with Crippen LogP contribution in [-0.4, -0.2) is 19.2 Å². The molecule has 0 aliphatic carbocycles. The molecule has 0 aliphatic heterocycles. The van der Waals surface area contributed by atoms with Crippen molar-refractivity contribution in [2.24, 2.45) is 0 Å². The average Bonchev–Trinajstić information content (AvgIpc) is 2.76. The van der Waals surface area contributed by atoms with E-state index in [4.69, 9.17) is 4.42 Å². The lowest BCUT2D eigenvalue weighted by Crippen LogP contribution is -2.10. The molecule has 1 heterocycles. The van der Waals surface area contributed by atoms with Crippen molar-refractivity contribution in [2.45, 2.75) is 38.6 Å². The third kappa shape index (κ3) is 3.64. The maximum absolute atomic E-state index is 12.2. The Balaban J connectivity index is 2.21. The topological polar surface area (TPSA) is 72.2 Å². The van der Waals surface area contributed by atoms with Gasteiger partial charge in [-0.1, -0.05) is 19.1 Å². The van der Waals surface area contributed by atoms with Crippen LogP contribution in [0.3, 0.4) is 0 Å².